The Morgan fingerprint density at radius 2 is 1.95 bits per heavy atom. The normalized spacial score (nSPS) is 22.2. The molecule has 3 atom stereocenters. The van der Waals surface area contributed by atoms with E-state index in [1.165, 1.54) is 24.6 Å². The SMILES string of the molecule is CS(=O)(=O)C1CCN[C@H](c2ccc(F)cc2C2COc3cc(S(=O)(=O)Nc4nccs4)c(F)cc3C2)C1. The Hall–Kier alpha value is -2.61. The molecule has 0 bridgehead atoms. The van der Waals surface area contributed by atoms with Gasteiger partial charge in [0.1, 0.15) is 32.1 Å². The zero-order valence-electron chi connectivity index (χ0n) is 19.8. The first-order chi connectivity index (χ1) is 17.5. The van der Waals surface area contributed by atoms with Gasteiger partial charge in [-0.05, 0) is 60.7 Å². The number of sulfone groups is 1. The molecule has 2 unspecified atom stereocenters. The van der Waals surface area contributed by atoms with Gasteiger partial charge in [0.25, 0.3) is 10.0 Å². The molecule has 0 amide bonds. The molecule has 1 aromatic heterocycles. The number of thiazole rings is 1. The summed E-state index contributed by atoms with van der Waals surface area (Å²) in [5, 5.41) is 4.56. The highest BCUT2D eigenvalue weighted by Gasteiger charge is 2.33. The maximum Gasteiger partial charge on any atom is 0.266 e. The lowest BCUT2D eigenvalue weighted by Crippen LogP contribution is -2.38. The van der Waals surface area contributed by atoms with E-state index in [0.717, 1.165) is 29.0 Å². The van der Waals surface area contributed by atoms with Crippen molar-refractivity contribution in [3.05, 3.63) is 70.2 Å². The minimum Gasteiger partial charge on any atom is -0.493 e. The smallest absolute Gasteiger partial charge is 0.266 e. The zero-order valence-corrected chi connectivity index (χ0v) is 22.2. The Labute approximate surface area is 218 Å². The van der Waals surface area contributed by atoms with Crippen LogP contribution in [0.25, 0.3) is 0 Å². The van der Waals surface area contributed by atoms with Crippen LogP contribution in [0, 0.1) is 11.6 Å². The average Bonchev–Trinajstić information content (AvgIpc) is 3.35. The zero-order chi connectivity index (χ0) is 26.4. The Bertz CT molecular complexity index is 1530. The number of anilines is 1. The van der Waals surface area contributed by atoms with Gasteiger partial charge in [-0.3, -0.25) is 4.72 Å². The molecule has 13 heteroatoms. The van der Waals surface area contributed by atoms with Crippen LogP contribution < -0.4 is 14.8 Å². The molecular formula is C24H25F2N3O5S3. The molecule has 1 saturated heterocycles. The number of nitrogens with one attached hydrogen (secondary N) is 2. The molecule has 3 heterocycles. The van der Waals surface area contributed by atoms with E-state index in [1.54, 1.807) is 11.4 Å². The molecule has 2 aliphatic heterocycles. The van der Waals surface area contributed by atoms with E-state index >= 15 is 4.39 Å². The molecule has 0 aliphatic carbocycles. The molecule has 3 aromatic rings. The van der Waals surface area contributed by atoms with Crippen molar-refractivity contribution in [3.8, 4) is 5.75 Å². The highest BCUT2D eigenvalue weighted by Crippen LogP contribution is 2.39. The highest BCUT2D eigenvalue weighted by atomic mass is 32.2. The van der Waals surface area contributed by atoms with Crippen LogP contribution in [0.4, 0.5) is 13.9 Å². The summed E-state index contributed by atoms with van der Waals surface area (Å²) in [6.07, 6.45) is 3.83. The number of ether oxygens (including phenoxy) is 1. The topological polar surface area (TPSA) is 114 Å². The van der Waals surface area contributed by atoms with Crippen LogP contribution in [0.5, 0.6) is 5.75 Å². The maximum absolute atomic E-state index is 15.0. The van der Waals surface area contributed by atoms with Gasteiger partial charge in [-0.25, -0.2) is 30.6 Å². The number of hydrogen-bond donors (Lipinski definition) is 2. The lowest BCUT2D eigenvalue weighted by Gasteiger charge is -2.33. The quantitative estimate of drug-likeness (QED) is 0.464. The summed E-state index contributed by atoms with van der Waals surface area (Å²) < 4.78 is 87.2. The predicted octanol–water partition coefficient (Wildman–Crippen LogP) is 3.78. The summed E-state index contributed by atoms with van der Waals surface area (Å²) in [6, 6.07) is 6.41. The van der Waals surface area contributed by atoms with E-state index in [9.17, 15) is 21.2 Å². The number of fused-ring (bicyclic) bond motifs is 1. The second-order valence-corrected chi connectivity index (χ2v) is 14.2. The van der Waals surface area contributed by atoms with Crippen LogP contribution in [0.1, 0.15) is 41.5 Å². The van der Waals surface area contributed by atoms with Crippen LogP contribution in [0.2, 0.25) is 0 Å². The second kappa shape index (κ2) is 9.93. The minimum absolute atomic E-state index is 0.117. The molecule has 0 spiro atoms. The van der Waals surface area contributed by atoms with Gasteiger partial charge in [-0.2, -0.15) is 0 Å². The van der Waals surface area contributed by atoms with Crippen molar-refractivity contribution in [3.63, 3.8) is 0 Å². The first-order valence-electron chi connectivity index (χ1n) is 11.6. The van der Waals surface area contributed by atoms with Gasteiger partial charge in [0.15, 0.2) is 5.13 Å². The lowest BCUT2D eigenvalue weighted by molar-refractivity contribution is 0.259. The Balaban J connectivity index is 1.43. The molecule has 1 fully saturated rings. The minimum atomic E-state index is -4.22. The third-order valence-electron chi connectivity index (χ3n) is 6.79. The summed E-state index contributed by atoms with van der Waals surface area (Å²) >= 11 is 1.07. The molecular weight excluding hydrogens is 544 g/mol. The van der Waals surface area contributed by atoms with Gasteiger partial charge < -0.3 is 10.1 Å². The van der Waals surface area contributed by atoms with Crippen molar-refractivity contribution in [2.75, 3.05) is 24.1 Å². The molecule has 2 aliphatic rings. The van der Waals surface area contributed by atoms with Crippen molar-refractivity contribution < 1.29 is 30.4 Å². The van der Waals surface area contributed by atoms with Crippen molar-refractivity contribution in [2.24, 2.45) is 0 Å². The number of halogens is 2. The standard InChI is InChI=1S/C24H25F2N3O5S3/c1-36(30,31)17-4-5-27-21(11-17)18-3-2-16(25)10-19(18)15-8-14-9-20(26)23(12-22(14)34-13-15)37(32,33)29-24-28-6-7-35-24/h2-3,6-7,9-10,12,15,17,21,27H,4-5,8,11,13H2,1H3,(H,28,29)/t15?,17?,21-/m0/s1. The molecule has 2 N–H and O–H groups in total. The Morgan fingerprint density at radius 3 is 2.68 bits per heavy atom. The first-order valence-corrected chi connectivity index (χ1v) is 15.9. The molecule has 37 heavy (non-hydrogen) atoms. The molecule has 5 rings (SSSR count). The van der Waals surface area contributed by atoms with Gasteiger partial charge in [0.2, 0.25) is 0 Å². The van der Waals surface area contributed by atoms with E-state index in [1.807, 2.05) is 0 Å². The number of sulfonamides is 1. The number of rotatable bonds is 6. The van der Waals surface area contributed by atoms with Crippen molar-refractivity contribution >= 4 is 36.3 Å². The fourth-order valence-electron chi connectivity index (χ4n) is 4.96. The Kier molecular flexibility index (Phi) is 6.98. The van der Waals surface area contributed by atoms with Crippen molar-refractivity contribution in [2.45, 2.75) is 41.4 Å². The number of hydrogen-bond acceptors (Lipinski definition) is 8. The summed E-state index contributed by atoms with van der Waals surface area (Å²) in [5.74, 6) is -1.48. The molecule has 2 aromatic carbocycles. The highest BCUT2D eigenvalue weighted by molar-refractivity contribution is 7.93. The maximum atomic E-state index is 15.0. The summed E-state index contributed by atoms with van der Waals surface area (Å²) in [6.45, 7) is 0.636. The van der Waals surface area contributed by atoms with Crippen LogP contribution in [0.15, 0.2) is 46.8 Å². The fraction of sp³-hybridized carbons (Fsp3) is 0.375. The number of benzene rings is 2. The van der Waals surface area contributed by atoms with E-state index in [4.69, 9.17) is 4.74 Å². The van der Waals surface area contributed by atoms with E-state index in [0.29, 0.717) is 36.9 Å². The number of piperidine rings is 1. The van der Waals surface area contributed by atoms with E-state index in [-0.39, 0.29) is 29.4 Å². The van der Waals surface area contributed by atoms with Gasteiger partial charge >= 0.3 is 0 Å². The average molecular weight is 570 g/mol. The van der Waals surface area contributed by atoms with Crippen LogP contribution in [0.3, 0.4) is 0 Å². The fourth-order valence-corrected chi connectivity index (χ4v) is 7.91. The Morgan fingerprint density at radius 1 is 1.14 bits per heavy atom. The number of nitrogens with zero attached hydrogens (tertiary/aromatic N) is 1. The number of aromatic nitrogens is 1. The largest absolute Gasteiger partial charge is 0.493 e. The van der Waals surface area contributed by atoms with Gasteiger partial charge in [0.05, 0.1) is 11.9 Å². The van der Waals surface area contributed by atoms with Crippen LogP contribution in [-0.4, -0.2) is 46.5 Å². The lowest BCUT2D eigenvalue weighted by atomic mass is 9.83. The van der Waals surface area contributed by atoms with Crippen molar-refractivity contribution in [1.82, 2.24) is 10.3 Å². The second-order valence-electron chi connectivity index (χ2n) is 9.30. The molecule has 8 nitrogen and oxygen atoms in total. The monoisotopic (exact) mass is 569 g/mol. The third-order valence-corrected chi connectivity index (χ3v) is 10.6. The van der Waals surface area contributed by atoms with Gasteiger partial charge in [0, 0.05) is 35.9 Å². The summed E-state index contributed by atoms with van der Waals surface area (Å²) in [7, 11) is -7.45. The van der Waals surface area contributed by atoms with E-state index in [2.05, 4.69) is 15.0 Å². The summed E-state index contributed by atoms with van der Waals surface area (Å²) in [5.41, 5.74) is 1.89. The van der Waals surface area contributed by atoms with Crippen LogP contribution in [-0.2, 0) is 26.3 Å². The third kappa shape index (κ3) is 5.49. The molecule has 0 radical (unpaired) electrons. The van der Waals surface area contributed by atoms with Gasteiger partial charge in [-0.1, -0.05) is 6.07 Å². The van der Waals surface area contributed by atoms with Crippen molar-refractivity contribution in [1.29, 1.82) is 0 Å². The van der Waals surface area contributed by atoms with Crippen LogP contribution >= 0.6 is 11.3 Å². The first kappa shape index (κ1) is 26.0. The van der Waals surface area contributed by atoms with Gasteiger partial charge in [-0.15, -0.1) is 11.3 Å². The summed E-state index contributed by atoms with van der Waals surface area (Å²) in [4.78, 5) is 3.31. The molecule has 198 valence electrons. The van der Waals surface area contributed by atoms with E-state index < -0.39 is 41.6 Å². The molecule has 0 saturated carbocycles. The predicted molar refractivity (Wildman–Crippen MR) is 136 cm³/mol.